The third-order valence-corrected chi connectivity index (χ3v) is 2.38. The first-order valence-corrected chi connectivity index (χ1v) is 5.56. The number of esters is 1. The first kappa shape index (κ1) is 30.7. The minimum atomic E-state index is -0.259. The number of hydrogen-bond acceptors (Lipinski definition) is 3. The van der Waals surface area contributed by atoms with Crippen LogP contribution in [0, 0.1) is 5.92 Å². The Labute approximate surface area is 136 Å². The average Bonchev–Trinajstić information content (AvgIpc) is 2.17. The van der Waals surface area contributed by atoms with Gasteiger partial charge in [-0.3, -0.25) is 4.79 Å². The molecule has 0 aliphatic heterocycles. The molecule has 0 aromatic heterocycles. The molecule has 1 atom stereocenters. The Morgan fingerprint density at radius 3 is 2.18 bits per heavy atom. The number of halogens is 1. The Balaban J connectivity index is -0.000000120. The Morgan fingerprint density at radius 1 is 1.29 bits per heavy atom. The van der Waals surface area contributed by atoms with Crippen LogP contribution in [-0.4, -0.2) is 42.2 Å². The number of hydrogen-bond donors (Lipinski definition) is 0. The van der Waals surface area contributed by atoms with Gasteiger partial charge in [-0.15, -0.1) is 0 Å². The van der Waals surface area contributed by atoms with E-state index in [0.29, 0.717) is 12.5 Å². The second-order valence-electron chi connectivity index (χ2n) is 3.24. The monoisotopic (exact) mass is 390 g/mol. The van der Waals surface area contributed by atoms with E-state index in [1.54, 1.807) is 0 Å². The van der Waals surface area contributed by atoms with E-state index >= 15 is 0 Å². The third-order valence-electron chi connectivity index (χ3n) is 2.14. The summed E-state index contributed by atoms with van der Waals surface area (Å²) in [6, 6.07) is 0. The molecular weight excluding hydrogens is 362 g/mol. The normalized spacial score (nSPS) is 9.59. The van der Waals surface area contributed by atoms with E-state index in [4.69, 9.17) is 4.74 Å². The van der Waals surface area contributed by atoms with E-state index in [2.05, 4.69) is 26.5 Å². The van der Waals surface area contributed by atoms with Gasteiger partial charge in [-0.05, 0) is 12.3 Å². The average molecular weight is 390 g/mol. The second-order valence-corrected chi connectivity index (χ2v) is 3.53. The topological polar surface area (TPSA) is 26.3 Å². The maximum Gasteiger partial charge on any atom is 2.00 e. The zero-order chi connectivity index (χ0) is 10.1. The molecule has 2 nitrogen and oxygen atoms in total. The van der Waals surface area contributed by atoms with Crippen LogP contribution in [0.1, 0.15) is 54.4 Å². The molecule has 0 aromatic rings. The minimum Gasteiger partial charge on any atom is -1.00 e. The summed E-state index contributed by atoms with van der Waals surface area (Å²) in [5.41, 5.74) is 0. The van der Waals surface area contributed by atoms with E-state index < -0.39 is 0 Å². The van der Waals surface area contributed by atoms with Gasteiger partial charge in [0.1, 0.15) is 0 Å². The van der Waals surface area contributed by atoms with Crippen LogP contribution in [0.3, 0.4) is 0 Å². The van der Waals surface area contributed by atoms with E-state index in [-0.39, 0.29) is 62.9 Å². The van der Waals surface area contributed by atoms with Gasteiger partial charge >= 0.3 is 23.9 Å². The van der Waals surface area contributed by atoms with Gasteiger partial charge in [0.2, 0.25) is 0 Å². The summed E-state index contributed by atoms with van der Waals surface area (Å²) in [5, 5.41) is 0. The number of unbranched alkanes of at least 4 members (excludes halogenated alkanes) is 1. The number of ether oxygens (including phenoxy) is 1. The Bertz CT molecular complexity index is 148. The van der Waals surface area contributed by atoms with Crippen LogP contribution in [0.4, 0.5) is 0 Å². The van der Waals surface area contributed by atoms with Crippen LogP contribution in [-0.2, 0) is 22.2 Å². The molecule has 0 amide bonds. The van der Waals surface area contributed by atoms with E-state index in [9.17, 15) is 4.79 Å². The van der Waals surface area contributed by atoms with Gasteiger partial charge in [0.25, 0.3) is 5.97 Å². The molecule has 2 radical (unpaired) electrons. The molecule has 0 N–H and O–H groups in total. The molecule has 0 heterocycles. The Kier molecular flexibility index (Phi) is 40.0. The zero-order valence-corrected chi connectivity index (χ0v) is 13.8. The number of carbonyl (C=O) groups excluding carboxylic acids is 1. The molecule has 0 aromatic carbocycles. The van der Waals surface area contributed by atoms with Crippen molar-refractivity contribution in [3.8, 4) is 0 Å². The molecule has 0 spiro atoms. The molecule has 1 unspecified atom stereocenters. The maximum absolute atomic E-state index is 10.8. The summed E-state index contributed by atoms with van der Waals surface area (Å²) >= 11 is 4.58. The van der Waals surface area contributed by atoms with Gasteiger partial charge in [0, 0.05) is 0 Å². The Morgan fingerprint density at radius 2 is 1.82 bits per heavy atom. The summed E-state index contributed by atoms with van der Waals surface area (Å²) in [6.07, 6.45) is 4.64. The fourth-order valence-electron chi connectivity index (χ4n) is 1.15. The van der Waals surface area contributed by atoms with Crippen molar-refractivity contribution in [2.75, 3.05) is 12.4 Å². The van der Waals surface area contributed by atoms with Gasteiger partial charge in [-0.25, -0.2) is 0 Å². The quantitative estimate of drug-likeness (QED) is 0.353. The zero-order valence-electron chi connectivity index (χ0n) is 9.42. The molecule has 0 bridgehead atoms. The fraction of sp³-hybridized carbons (Fsp3) is 0.917. The predicted molar refractivity (Wildman–Crippen MR) is 75.7 cm³/mol. The fourth-order valence-corrected chi connectivity index (χ4v) is 1.23. The van der Waals surface area contributed by atoms with Gasteiger partial charge in [-0.1, -0.05) is 53.7 Å². The number of rotatable bonds is 7. The number of carbonyl (C=O) groups is 1. The first-order valence-electron chi connectivity index (χ1n) is 4.98. The molecule has 0 aliphatic carbocycles. The molecule has 0 fully saturated rings. The van der Waals surface area contributed by atoms with Crippen molar-refractivity contribution in [2.24, 2.45) is 5.92 Å². The predicted octanol–water partition coefficient (Wildman–Crippen LogP) is 0.188. The summed E-state index contributed by atoms with van der Waals surface area (Å²) in [5.74, 6) is 0.333. The van der Waals surface area contributed by atoms with Gasteiger partial charge in [0.05, 0.1) is 6.61 Å². The van der Waals surface area contributed by atoms with Gasteiger partial charge in [-0.2, -0.15) is 0 Å². The van der Waals surface area contributed by atoms with Crippen molar-refractivity contribution in [3.05, 3.63) is 0 Å². The van der Waals surface area contributed by atoms with E-state index in [1.807, 2.05) is 0 Å². The summed E-state index contributed by atoms with van der Waals surface area (Å²) in [6.45, 7) is 4.84. The van der Waals surface area contributed by atoms with Gasteiger partial charge < -0.3 is 29.8 Å². The van der Waals surface area contributed by atoms with Crippen LogP contribution in [0.15, 0.2) is 0 Å². The molecule has 0 saturated heterocycles. The van der Waals surface area contributed by atoms with Crippen molar-refractivity contribution in [3.63, 3.8) is 0 Å². The molecule has 0 rings (SSSR count). The van der Waals surface area contributed by atoms with Crippen LogP contribution >= 0.6 is 0 Å². The summed E-state index contributed by atoms with van der Waals surface area (Å²) in [7, 11) is 0. The Hall–Kier alpha value is 0.909. The van der Waals surface area contributed by atoms with Crippen molar-refractivity contribution >= 4 is 42.5 Å². The first-order chi connectivity index (χ1) is 6.24. The maximum atomic E-state index is 10.8. The largest absolute Gasteiger partial charge is 2.00 e. The van der Waals surface area contributed by atoms with Crippen LogP contribution in [0.5, 0.6) is 0 Å². The molecule has 0 aliphatic rings. The van der Waals surface area contributed by atoms with Crippen molar-refractivity contribution in [2.45, 2.75) is 54.4 Å². The van der Waals surface area contributed by atoms with E-state index in [0.717, 1.165) is 12.8 Å². The molecule has 5 heteroatoms. The van der Waals surface area contributed by atoms with Gasteiger partial charge in [0.15, 0.2) is 0 Å². The smallest absolute Gasteiger partial charge is 1.00 e. The molecule has 104 valence electrons. The van der Waals surface area contributed by atoms with Crippen LogP contribution < -0.4 is 12.4 Å². The van der Waals surface area contributed by atoms with Crippen LogP contribution in [0.2, 0.25) is 0 Å². The summed E-state index contributed by atoms with van der Waals surface area (Å²) in [4.78, 5) is 10.8. The van der Waals surface area contributed by atoms with Crippen LogP contribution in [0.25, 0.3) is 0 Å². The summed E-state index contributed by atoms with van der Waals surface area (Å²) < 4.78 is 5.00. The van der Waals surface area contributed by atoms with Crippen molar-refractivity contribution in [1.29, 1.82) is 0 Å². The SMILES string of the molecule is C.C.CCCCC(CC)COC(=O)C[S-].[Cl-].[Sn+2]. The molecule has 0 saturated carbocycles. The minimum absolute atomic E-state index is 0. The van der Waals surface area contributed by atoms with Crippen molar-refractivity contribution in [1.82, 2.24) is 0 Å². The standard InChI is InChI=1S/C10H20O2S.2CH4.ClH.Sn/c1-3-5-6-9(4-2)7-12-10(11)8-13;;;;/h9,13H,3-8H2,1-2H3;2*1H4;1H;/q;;;;+2/p-2. The molecule has 17 heavy (non-hydrogen) atoms. The second kappa shape index (κ2) is 22.1. The molecular formula is C12H27ClO2SSn. The third kappa shape index (κ3) is 19.4. The van der Waals surface area contributed by atoms with E-state index in [1.165, 1.54) is 12.8 Å². The van der Waals surface area contributed by atoms with Crippen molar-refractivity contribution < 1.29 is 21.9 Å².